The summed E-state index contributed by atoms with van der Waals surface area (Å²) in [6.45, 7) is 9.98. The van der Waals surface area contributed by atoms with Crippen LogP contribution in [0.25, 0.3) is 10.2 Å². The van der Waals surface area contributed by atoms with E-state index in [1.165, 1.54) is 23.1 Å². The van der Waals surface area contributed by atoms with Gasteiger partial charge in [0.2, 0.25) is 5.91 Å². The molecular formula is C21H22BrN3O2S2. The van der Waals surface area contributed by atoms with E-state index in [0.717, 1.165) is 25.3 Å². The number of amides is 1. The molecule has 0 aliphatic heterocycles. The Bertz CT molecular complexity index is 1120. The van der Waals surface area contributed by atoms with Crippen LogP contribution in [0.5, 0.6) is 0 Å². The number of rotatable bonds is 7. The third kappa shape index (κ3) is 4.82. The van der Waals surface area contributed by atoms with Crippen molar-refractivity contribution in [3.05, 3.63) is 67.8 Å². The van der Waals surface area contributed by atoms with Crippen LogP contribution in [0.3, 0.4) is 0 Å². The summed E-state index contributed by atoms with van der Waals surface area (Å²) in [5.74, 6) is 0.0719. The predicted molar refractivity (Wildman–Crippen MR) is 125 cm³/mol. The monoisotopic (exact) mass is 491 g/mol. The van der Waals surface area contributed by atoms with Crippen LogP contribution in [0.15, 0.2) is 51.3 Å². The number of hydrogen-bond acceptors (Lipinski definition) is 5. The van der Waals surface area contributed by atoms with Crippen molar-refractivity contribution in [2.75, 3.05) is 5.75 Å². The van der Waals surface area contributed by atoms with Crippen molar-refractivity contribution in [3.8, 4) is 0 Å². The summed E-state index contributed by atoms with van der Waals surface area (Å²) in [5, 5.41) is 4.19. The third-order valence-electron chi connectivity index (χ3n) is 4.65. The van der Waals surface area contributed by atoms with E-state index in [9.17, 15) is 9.59 Å². The van der Waals surface area contributed by atoms with Gasteiger partial charge in [0.25, 0.3) is 5.56 Å². The minimum atomic E-state index is -0.108. The highest BCUT2D eigenvalue weighted by Gasteiger charge is 2.17. The van der Waals surface area contributed by atoms with Gasteiger partial charge in [0, 0.05) is 15.9 Å². The molecule has 8 heteroatoms. The van der Waals surface area contributed by atoms with Gasteiger partial charge in [-0.2, -0.15) is 0 Å². The fourth-order valence-corrected chi connectivity index (χ4v) is 5.11. The molecule has 1 N–H and O–H groups in total. The Kier molecular flexibility index (Phi) is 6.97. The van der Waals surface area contributed by atoms with Crippen LogP contribution in [0.1, 0.15) is 29.0 Å². The SMILES string of the molecule is C=CCn1c(SCC(=O)NC(C)c2ccc(Br)cc2)nc2sc(C)c(C)c2c1=O. The van der Waals surface area contributed by atoms with Crippen molar-refractivity contribution in [1.29, 1.82) is 0 Å². The zero-order valence-corrected chi connectivity index (χ0v) is 19.7. The fraction of sp³-hybridized carbons (Fsp3) is 0.286. The molecule has 1 atom stereocenters. The summed E-state index contributed by atoms with van der Waals surface area (Å²) < 4.78 is 2.58. The number of thioether (sulfide) groups is 1. The molecule has 2 heterocycles. The highest BCUT2D eigenvalue weighted by Crippen LogP contribution is 2.28. The minimum Gasteiger partial charge on any atom is -0.349 e. The molecule has 0 spiro atoms. The number of allylic oxidation sites excluding steroid dienone is 1. The molecule has 1 aromatic carbocycles. The van der Waals surface area contributed by atoms with Crippen LogP contribution in [-0.4, -0.2) is 21.2 Å². The molecule has 0 fully saturated rings. The molecule has 29 heavy (non-hydrogen) atoms. The van der Waals surface area contributed by atoms with Crippen molar-refractivity contribution in [2.24, 2.45) is 0 Å². The summed E-state index contributed by atoms with van der Waals surface area (Å²) in [6.07, 6.45) is 1.67. The molecule has 0 saturated carbocycles. The standard InChI is InChI=1S/C21H22BrN3O2S2/c1-5-10-25-20(27)18-12(2)14(4)29-19(18)24-21(25)28-11-17(26)23-13(3)15-6-8-16(22)9-7-15/h5-9,13H,1,10-11H2,2-4H3,(H,23,26). The van der Waals surface area contributed by atoms with E-state index in [0.29, 0.717) is 17.1 Å². The number of halogens is 1. The molecule has 5 nitrogen and oxygen atoms in total. The Morgan fingerprint density at radius 3 is 2.72 bits per heavy atom. The Hall–Kier alpha value is -1.90. The molecule has 1 unspecified atom stereocenters. The van der Waals surface area contributed by atoms with Crippen LogP contribution in [-0.2, 0) is 11.3 Å². The molecule has 0 bridgehead atoms. The van der Waals surface area contributed by atoms with Gasteiger partial charge in [-0.1, -0.05) is 45.9 Å². The lowest BCUT2D eigenvalue weighted by Crippen LogP contribution is -2.29. The predicted octanol–water partition coefficient (Wildman–Crippen LogP) is 4.99. The number of nitrogens with zero attached hydrogens (tertiary/aromatic N) is 2. The number of nitrogens with one attached hydrogen (secondary N) is 1. The zero-order valence-electron chi connectivity index (χ0n) is 16.5. The van der Waals surface area contributed by atoms with Gasteiger partial charge in [-0.05, 0) is 44.0 Å². The van der Waals surface area contributed by atoms with Crippen molar-refractivity contribution in [1.82, 2.24) is 14.9 Å². The van der Waals surface area contributed by atoms with Gasteiger partial charge >= 0.3 is 0 Å². The summed E-state index contributed by atoms with van der Waals surface area (Å²) in [4.78, 5) is 31.9. The second-order valence-electron chi connectivity index (χ2n) is 6.69. The second kappa shape index (κ2) is 9.28. The quantitative estimate of drug-likeness (QED) is 0.287. The number of carbonyl (C=O) groups is 1. The van der Waals surface area contributed by atoms with Crippen LogP contribution in [0.2, 0.25) is 0 Å². The number of carbonyl (C=O) groups excluding carboxylic acids is 1. The Morgan fingerprint density at radius 1 is 1.38 bits per heavy atom. The van der Waals surface area contributed by atoms with Gasteiger partial charge in [-0.3, -0.25) is 14.2 Å². The Labute approximate surface area is 186 Å². The molecule has 3 rings (SSSR count). The molecule has 1 amide bonds. The first-order valence-corrected chi connectivity index (χ1v) is 11.7. The van der Waals surface area contributed by atoms with Crippen LogP contribution in [0.4, 0.5) is 0 Å². The number of fused-ring (bicyclic) bond motifs is 1. The Balaban J connectivity index is 1.78. The maximum Gasteiger partial charge on any atom is 0.263 e. The van der Waals surface area contributed by atoms with Gasteiger partial charge in [0.15, 0.2) is 5.16 Å². The molecule has 0 radical (unpaired) electrons. The summed E-state index contributed by atoms with van der Waals surface area (Å²) in [7, 11) is 0. The highest BCUT2D eigenvalue weighted by molar-refractivity contribution is 9.10. The number of hydrogen-bond donors (Lipinski definition) is 1. The van der Waals surface area contributed by atoms with E-state index in [-0.39, 0.29) is 23.3 Å². The first kappa shape index (κ1) is 21.8. The number of benzene rings is 1. The van der Waals surface area contributed by atoms with Crippen molar-refractivity contribution in [3.63, 3.8) is 0 Å². The fourth-order valence-electron chi connectivity index (χ4n) is 2.96. The smallest absolute Gasteiger partial charge is 0.263 e. The highest BCUT2D eigenvalue weighted by atomic mass is 79.9. The van der Waals surface area contributed by atoms with Crippen molar-refractivity contribution < 1.29 is 4.79 Å². The van der Waals surface area contributed by atoms with E-state index < -0.39 is 0 Å². The molecule has 3 aromatic rings. The van der Waals surface area contributed by atoms with Crippen molar-refractivity contribution in [2.45, 2.75) is 38.5 Å². The van der Waals surface area contributed by atoms with Crippen molar-refractivity contribution >= 4 is 55.2 Å². The number of aryl methyl sites for hydroxylation is 2. The maximum absolute atomic E-state index is 13.0. The normalized spacial score (nSPS) is 12.1. The first-order chi connectivity index (χ1) is 13.8. The first-order valence-electron chi connectivity index (χ1n) is 9.11. The minimum absolute atomic E-state index is 0.0807. The topological polar surface area (TPSA) is 64.0 Å². The van der Waals surface area contributed by atoms with E-state index in [2.05, 4.69) is 32.8 Å². The molecule has 152 valence electrons. The number of thiophene rings is 1. The van der Waals surface area contributed by atoms with Gasteiger partial charge in [0.1, 0.15) is 4.83 Å². The largest absolute Gasteiger partial charge is 0.349 e. The molecule has 0 aliphatic rings. The average Bonchev–Trinajstić information content (AvgIpc) is 2.97. The van der Waals surface area contributed by atoms with Crippen LogP contribution >= 0.6 is 39.0 Å². The van der Waals surface area contributed by atoms with Crippen LogP contribution < -0.4 is 10.9 Å². The Morgan fingerprint density at radius 2 is 2.07 bits per heavy atom. The lowest BCUT2D eigenvalue weighted by molar-refractivity contribution is -0.119. The van der Waals surface area contributed by atoms with E-state index >= 15 is 0 Å². The second-order valence-corrected chi connectivity index (χ2v) is 9.75. The molecule has 0 aliphatic carbocycles. The van der Waals surface area contributed by atoms with E-state index in [4.69, 9.17) is 0 Å². The van der Waals surface area contributed by atoms with Gasteiger partial charge in [-0.15, -0.1) is 17.9 Å². The van der Waals surface area contributed by atoms with E-state index in [1.54, 1.807) is 10.6 Å². The number of aromatic nitrogens is 2. The van der Waals surface area contributed by atoms with Gasteiger partial charge in [0.05, 0.1) is 17.2 Å². The third-order valence-corrected chi connectivity index (χ3v) is 7.25. The van der Waals surface area contributed by atoms with Gasteiger partial charge < -0.3 is 5.32 Å². The maximum atomic E-state index is 13.0. The average molecular weight is 492 g/mol. The molecule has 0 saturated heterocycles. The van der Waals surface area contributed by atoms with E-state index in [1.807, 2.05) is 45.0 Å². The summed E-state index contributed by atoms with van der Waals surface area (Å²) >= 11 is 6.19. The zero-order chi connectivity index (χ0) is 21.1. The van der Waals surface area contributed by atoms with Gasteiger partial charge in [-0.25, -0.2) is 4.98 Å². The van der Waals surface area contributed by atoms with Crippen LogP contribution in [0, 0.1) is 13.8 Å². The molecular weight excluding hydrogens is 470 g/mol. The lowest BCUT2D eigenvalue weighted by Gasteiger charge is -2.15. The molecule has 2 aromatic heterocycles. The summed E-state index contributed by atoms with van der Waals surface area (Å²) in [6, 6.07) is 7.74. The summed E-state index contributed by atoms with van der Waals surface area (Å²) in [5.41, 5.74) is 1.92. The lowest BCUT2D eigenvalue weighted by atomic mass is 10.1.